The molecule has 3 rings (SSSR count). The number of hydrogen-bond donors (Lipinski definition) is 2. The van der Waals surface area contributed by atoms with E-state index in [2.05, 4.69) is 10.6 Å². The lowest BCUT2D eigenvalue weighted by Crippen LogP contribution is -2.19. The zero-order valence-electron chi connectivity index (χ0n) is 12.3. The predicted molar refractivity (Wildman–Crippen MR) is 90.1 cm³/mol. The van der Waals surface area contributed by atoms with Crippen molar-refractivity contribution in [3.63, 3.8) is 0 Å². The summed E-state index contributed by atoms with van der Waals surface area (Å²) in [5.74, 6) is 2.23. The van der Waals surface area contributed by atoms with Gasteiger partial charge in [-0.1, -0.05) is 6.07 Å². The largest absolute Gasteiger partial charge is 0.497 e. The molecule has 0 amide bonds. The van der Waals surface area contributed by atoms with Crippen LogP contribution in [0.1, 0.15) is 5.56 Å². The normalized spacial score (nSPS) is 11.9. The van der Waals surface area contributed by atoms with Gasteiger partial charge in [0.05, 0.1) is 7.11 Å². The maximum absolute atomic E-state index is 5.35. The molecule has 0 bridgehead atoms. The van der Waals surface area contributed by atoms with Crippen LogP contribution in [0.25, 0.3) is 0 Å². The van der Waals surface area contributed by atoms with E-state index in [1.807, 2.05) is 43.3 Å². The molecule has 0 fully saturated rings. The molecular formula is C16H16N2O3S. The Morgan fingerprint density at radius 1 is 1.09 bits per heavy atom. The summed E-state index contributed by atoms with van der Waals surface area (Å²) in [4.78, 5) is 0. The van der Waals surface area contributed by atoms with Crippen molar-refractivity contribution in [2.45, 2.75) is 6.92 Å². The molecule has 6 heteroatoms. The molecule has 0 radical (unpaired) electrons. The quantitative estimate of drug-likeness (QED) is 0.845. The van der Waals surface area contributed by atoms with Gasteiger partial charge in [0.2, 0.25) is 6.79 Å². The highest BCUT2D eigenvalue weighted by Crippen LogP contribution is 2.34. The molecule has 0 atom stereocenters. The van der Waals surface area contributed by atoms with E-state index >= 15 is 0 Å². The number of ether oxygens (including phenoxy) is 3. The zero-order valence-corrected chi connectivity index (χ0v) is 13.1. The van der Waals surface area contributed by atoms with Crippen LogP contribution in [0.2, 0.25) is 0 Å². The van der Waals surface area contributed by atoms with Crippen LogP contribution in [0.4, 0.5) is 11.4 Å². The first-order valence-corrected chi connectivity index (χ1v) is 7.19. The lowest BCUT2D eigenvalue weighted by Gasteiger charge is -2.13. The van der Waals surface area contributed by atoms with E-state index in [4.69, 9.17) is 26.4 Å². The van der Waals surface area contributed by atoms with Crippen molar-refractivity contribution in [3.8, 4) is 17.2 Å². The van der Waals surface area contributed by atoms with E-state index in [1.54, 1.807) is 7.11 Å². The van der Waals surface area contributed by atoms with Crippen molar-refractivity contribution >= 4 is 28.7 Å². The first-order valence-electron chi connectivity index (χ1n) is 6.78. The third-order valence-corrected chi connectivity index (χ3v) is 3.53. The molecule has 0 unspecified atom stereocenters. The summed E-state index contributed by atoms with van der Waals surface area (Å²) in [5.41, 5.74) is 2.82. The Bertz CT molecular complexity index is 719. The van der Waals surface area contributed by atoms with Gasteiger partial charge >= 0.3 is 0 Å². The Morgan fingerprint density at radius 2 is 1.91 bits per heavy atom. The van der Waals surface area contributed by atoms with Crippen LogP contribution in [-0.2, 0) is 0 Å². The fourth-order valence-corrected chi connectivity index (χ4v) is 2.35. The maximum atomic E-state index is 5.35. The van der Waals surface area contributed by atoms with E-state index in [9.17, 15) is 0 Å². The summed E-state index contributed by atoms with van der Waals surface area (Å²) >= 11 is 5.35. The first kappa shape index (κ1) is 14.5. The Kier molecular flexibility index (Phi) is 4.02. The summed E-state index contributed by atoms with van der Waals surface area (Å²) in [6, 6.07) is 11.4. The molecule has 114 valence electrons. The number of aryl methyl sites for hydroxylation is 1. The molecule has 2 aromatic carbocycles. The standard InChI is InChI=1S/C16H16N2O3S/c1-10-3-5-12(19-2)8-13(10)18-16(22)17-11-4-6-14-15(7-11)21-9-20-14/h3-8H,9H2,1-2H3,(H2,17,18,22). The molecule has 1 heterocycles. The van der Waals surface area contributed by atoms with Crippen LogP contribution in [-0.4, -0.2) is 19.0 Å². The highest BCUT2D eigenvalue weighted by molar-refractivity contribution is 7.80. The predicted octanol–water partition coefficient (Wildman–Crippen LogP) is 3.54. The van der Waals surface area contributed by atoms with Gasteiger partial charge in [-0.2, -0.15) is 0 Å². The van der Waals surface area contributed by atoms with Crippen molar-refractivity contribution in [3.05, 3.63) is 42.0 Å². The van der Waals surface area contributed by atoms with Crippen LogP contribution >= 0.6 is 12.2 Å². The monoisotopic (exact) mass is 316 g/mol. The Morgan fingerprint density at radius 3 is 2.73 bits per heavy atom. The second-order valence-corrected chi connectivity index (χ2v) is 5.24. The van der Waals surface area contributed by atoms with Crippen molar-refractivity contribution in [1.82, 2.24) is 0 Å². The van der Waals surface area contributed by atoms with Gasteiger partial charge in [-0.25, -0.2) is 0 Å². The number of fused-ring (bicyclic) bond motifs is 1. The molecule has 0 aromatic heterocycles. The molecule has 0 saturated carbocycles. The minimum atomic E-state index is 0.254. The van der Waals surface area contributed by atoms with Crippen molar-refractivity contribution in [1.29, 1.82) is 0 Å². The molecular weight excluding hydrogens is 300 g/mol. The molecule has 0 aliphatic carbocycles. The lowest BCUT2D eigenvalue weighted by atomic mass is 10.2. The van der Waals surface area contributed by atoms with Gasteiger partial charge in [0, 0.05) is 23.5 Å². The average Bonchev–Trinajstić information content (AvgIpc) is 2.97. The Hall–Kier alpha value is -2.47. The van der Waals surface area contributed by atoms with Gasteiger partial charge in [0.15, 0.2) is 16.6 Å². The minimum absolute atomic E-state index is 0.254. The smallest absolute Gasteiger partial charge is 0.231 e. The maximum Gasteiger partial charge on any atom is 0.231 e. The van der Waals surface area contributed by atoms with Crippen LogP contribution in [0.15, 0.2) is 36.4 Å². The molecule has 22 heavy (non-hydrogen) atoms. The van der Waals surface area contributed by atoms with E-state index in [1.165, 1.54) is 0 Å². The third kappa shape index (κ3) is 3.07. The number of anilines is 2. The van der Waals surface area contributed by atoms with Crippen LogP contribution in [0, 0.1) is 6.92 Å². The zero-order chi connectivity index (χ0) is 15.5. The number of hydrogen-bond acceptors (Lipinski definition) is 4. The number of nitrogens with one attached hydrogen (secondary N) is 2. The fraction of sp³-hybridized carbons (Fsp3) is 0.188. The molecule has 5 nitrogen and oxygen atoms in total. The highest BCUT2D eigenvalue weighted by Gasteiger charge is 2.13. The number of rotatable bonds is 3. The van der Waals surface area contributed by atoms with Crippen molar-refractivity contribution < 1.29 is 14.2 Å². The van der Waals surface area contributed by atoms with Crippen molar-refractivity contribution in [2.24, 2.45) is 0 Å². The fourth-order valence-electron chi connectivity index (χ4n) is 2.12. The number of benzene rings is 2. The van der Waals surface area contributed by atoms with Gasteiger partial charge < -0.3 is 24.8 Å². The van der Waals surface area contributed by atoms with Crippen LogP contribution in [0.5, 0.6) is 17.2 Å². The van der Waals surface area contributed by atoms with E-state index in [-0.39, 0.29) is 6.79 Å². The van der Waals surface area contributed by atoms with E-state index in [0.717, 1.165) is 28.4 Å². The molecule has 0 spiro atoms. The molecule has 1 aliphatic heterocycles. The number of methoxy groups -OCH3 is 1. The van der Waals surface area contributed by atoms with Gasteiger partial charge in [-0.15, -0.1) is 0 Å². The summed E-state index contributed by atoms with van der Waals surface area (Å²) in [6.45, 7) is 2.26. The summed E-state index contributed by atoms with van der Waals surface area (Å²) in [7, 11) is 1.64. The minimum Gasteiger partial charge on any atom is -0.497 e. The Labute approximate surface area is 134 Å². The highest BCUT2D eigenvalue weighted by atomic mass is 32.1. The summed E-state index contributed by atoms with van der Waals surface area (Å²) in [5, 5.41) is 6.79. The van der Waals surface area contributed by atoms with Gasteiger partial charge in [-0.3, -0.25) is 0 Å². The van der Waals surface area contributed by atoms with Gasteiger partial charge in [0.25, 0.3) is 0 Å². The topological polar surface area (TPSA) is 51.8 Å². The van der Waals surface area contributed by atoms with E-state index < -0.39 is 0 Å². The molecule has 0 saturated heterocycles. The molecule has 2 aromatic rings. The molecule has 1 aliphatic rings. The van der Waals surface area contributed by atoms with E-state index in [0.29, 0.717) is 10.9 Å². The van der Waals surface area contributed by atoms with Crippen LogP contribution in [0.3, 0.4) is 0 Å². The summed E-state index contributed by atoms with van der Waals surface area (Å²) in [6.07, 6.45) is 0. The molecule has 2 N–H and O–H groups in total. The van der Waals surface area contributed by atoms with Crippen LogP contribution < -0.4 is 24.8 Å². The average molecular weight is 316 g/mol. The lowest BCUT2D eigenvalue weighted by molar-refractivity contribution is 0.174. The van der Waals surface area contributed by atoms with Gasteiger partial charge in [0.1, 0.15) is 5.75 Å². The second kappa shape index (κ2) is 6.11. The van der Waals surface area contributed by atoms with Gasteiger partial charge in [-0.05, 0) is 42.9 Å². The first-order chi connectivity index (χ1) is 10.7. The van der Waals surface area contributed by atoms with Crippen molar-refractivity contribution in [2.75, 3.05) is 24.5 Å². The third-order valence-electron chi connectivity index (χ3n) is 3.32. The number of thiocarbonyl (C=S) groups is 1. The Balaban J connectivity index is 1.70. The summed E-state index contributed by atoms with van der Waals surface area (Å²) < 4.78 is 15.9. The second-order valence-electron chi connectivity index (χ2n) is 4.83. The SMILES string of the molecule is COc1ccc(C)c(NC(=S)Nc2ccc3c(c2)OCO3)c1.